The SMILES string of the molecule is Cn1cc(C#N)cc(N)c1=O. The third-order valence-corrected chi connectivity index (χ3v) is 1.34. The zero-order valence-corrected chi connectivity index (χ0v) is 6.03. The molecule has 0 fully saturated rings. The second-order valence-corrected chi connectivity index (χ2v) is 2.21. The summed E-state index contributed by atoms with van der Waals surface area (Å²) in [4.78, 5) is 11.0. The standard InChI is InChI=1S/C7H7N3O/c1-10-4-5(3-8)2-6(9)7(10)11/h2,4H,9H2,1H3. The predicted molar refractivity (Wildman–Crippen MR) is 40.8 cm³/mol. The molecular formula is C7H7N3O. The Morgan fingerprint density at radius 3 is 2.82 bits per heavy atom. The van der Waals surface area contributed by atoms with Crippen molar-refractivity contribution in [2.24, 2.45) is 7.05 Å². The lowest BCUT2D eigenvalue weighted by Gasteiger charge is -1.98. The van der Waals surface area contributed by atoms with Gasteiger partial charge < -0.3 is 10.3 Å². The van der Waals surface area contributed by atoms with E-state index < -0.39 is 0 Å². The Balaban J connectivity index is 3.47. The van der Waals surface area contributed by atoms with Crippen molar-refractivity contribution >= 4 is 5.69 Å². The minimum atomic E-state index is -0.274. The highest BCUT2D eigenvalue weighted by atomic mass is 16.1. The largest absolute Gasteiger partial charge is 0.394 e. The molecule has 1 aromatic rings. The molecule has 0 aliphatic heterocycles. The van der Waals surface area contributed by atoms with Gasteiger partial charge in [-0.15, -0.1) is 0 Å². The predicted octanol–water partition coefficient (Wildman–Crippen LogP) is -0.161. The fourth-order valence-electron chi connectivity index (χ4n) is 0.799. The Kier molecular flexibility index (Phi) is 1.65. The molecule has 0 radical (unpaired) electrons. The first-order chi connectivity index (χ1) is 5.15. The number of aryl methyl sites for hydroxylation is 1. The second kappa shape index (κ2) is 2.46. The molecule has 0 bridgehead atoms. The van der Waals surface area contributed by atoms with Crippen LogP contribution < -0.4 is 11.3 Å². The first-order valence-electron chi connectivity index (χ1n) is 3.01. The monoisotopic (exact) mass is 149 g/mol. The number of nitrogen functional groups attached to an aromatic ring is 1. The molecule has 1 rings (SSSR count). The van der Waals surface area contributed by atoms with E-state index in [4.69, 9.17) is 11.0 Å². The number of nitrogens with zero attached hydrogens (tertiary/aromatic N) is 2. The van der Waals surface area contributed by atoms with Gasteiger partial charge in [-0.05, 0) is 6.07 Å². The first-order valence-corrected chi connectivity index (χ1v) is 3.01. The number of nitriles is 1. The lowest BCUT2D eigenvalue weighted by Crippen LogP contribution is -2.19. The van der Waals surface area contributed by atoms with Crippen molar-refractivity contribution in [2.45, 2.75) is 0 Å². The minimum Gasteiger partial charge on any atom is -0.394 e. The molecule has 0 aliphatic rings. The average molecular weight is 149 g/mol. The van der Waals surface area contributed by atoms with E-state index in [9.17, 15) is 4.79 Å². The van der Waals surface area contributed by atoms with Crippen LogP contribution in [0.3, 0.4) is 0 Å². The highest BCUT2D eigenvalue weighted by Crippen LogP contribution is 1.97. The van der Waals surface area contributed by atoms with E-state index in [1.807, 2.05) is 6.07 Å². The molecule has 4 nitrogen and oxygen atoms in total. The van der Waals surface area contributed by atoms with Crippen LogP contribution in [0.1, 0.15) is 5.56 Å². The molecule has 0 aliphatic carbocycles. The molecule has 1 aromatic heterocycles. The number of pyridine rings is 1. The molecule has 0 spiro atoms. The van der Waals surface area contributed by atoms with Gasteiger partial charge in [0.25, 0.3) is 5.56 Å². The lowest BCUT2D eigenvalue weighted by atomic mass is 10.3. The highest BCUT2D eigenvalue weighted by molar-refractivity contribution is 5.42. The fourth-order valence-corrected chi connectivity index (χ4v) is 0.799. The topological polar surface area (TPSA) is 71.8 Å². The van der Waals surface area contributed by atoms with Crippen molar-refractivity contribution in [2.75, 3.05) is 5.73 Å². The Morgan fingerprint density at radius 1 is 1.73 bits per heavy atom. The smallest absolute Gasteiger partial charge is 0.273 e. The van der Waals surface area contributed by atoms with Gasteiger partial charge in [0.05, 0.1) is 11.3 Å². The van der Waals surface area contributed by atoms with E-state index in [1.54, 1.807) is 7.05 Å². The third kappa shape index (κ3) is 1.22. The zero-order chi connectivity index (χ0) is 8.43. The van der Waals surface area contributed by atoms with Crippen LogP contribution >= 0.6 is 0 Å². The first kappa shape index (κ1) is 7.35. The van der Waals surface area contributed by atoms with Crippen LogP contribution in [0.15, 0.2) is 17.1 Å². The molecule has 0 atom stereocenters. The van der Waals surface area contributed by atoms with E-state index in [0.29, 0.717) is 5.56 Å². The summed E-state index contributed by atoms with van der Waals surface area (Å²) in [5, 5.41) is 8.46. The number of nitrogens with two attached hydrogens (primary N) is 1. The van der Waals surface area contributed by atoms with Crippen LogP contribution in [0, 0.1) is 11.3 Å². The molecule has 1 heterocycles. The summed E-state index contributed by atoms with van der Waals surface area (Å²) >= 11 is 0. The maximum Gasteiger partial charge on any atom is 0.273 e. The van der Waals surface area contributed by atoms with E-state index in [1.165, 1.54) is 16.8 Å². The maximum atomic E-state index is 11.0. The van der Waals surface area contributed by atoms with Crippen LogP contribution in [0.25, 0.3) is 0 Å². The normalized spacial score (nSPS) is 9.09. The molecule has 4 heteroatoms. The van der Waals surface area contributed by atoms with Crippen LogP contribution in [0.4, 0.5) is 5.69 Å². The van der Waals surface area contributed by atoms with Gasteiger partial charge in [0.15, 0.2) is 0 Å². The van der Waals surface area contributed by atoms with E-state index in [0.717, 1.165) is 0 Å². The summed E-state index contributed by atoms with van der Waals surface area (Å²) < 4.78 is 1.29. The van der Waals surface area contributed by atoms with Gasteiger partial charge in [-0.3, -0.25) is 4.79 Å². The third-order valence-electron chi connectivity index (χ3n) is 1.34. The molecule has 2 N–H and O–H groups in total. The minimum absolute atomic E-state index is 0.103. The number of rotatable bonds is 0. The van der Waals surface area contributed by atoms with Crippen molar-refractivity contribution in [1.82, 2.24) is 4.57 Å². The van der Waals surface area contributed by atoms with Crippen molar-refractivity contribution < 1.29 is 0 Å². The van der Waals surface area contributed by atoms with Gasteiger partial charge in [0.1, 0.15) is 6.07 Å². The summed E-state index contributed by atoms with van der Waals surface area (Å²) in [6.45, 7) is 0. The van der Waals surface area contributed by atoms with Gasteiger partial charge in [-0.25, -0.2) is 0 Å². The Hall–Kier alpha value is -1.76. The molecule has 56 valence electrons. The van der Waals surface area contributed by atoms with Crippen LogP contribution in [0.5, 0.6) is 0 Å². The molecule has 0 aromatic carbocycles. The molecule has 11 heavy (non-hydrogen) atoms. The summed E-state index contributed by atoms with van der Waals surface area (Å²) in [6, 6.07) is 3.26. The Labute approximate surface area is 63.5 Å². The van der Waals surface area contributed by atoms with Gasteiger partial charge in [0.2, 0.25) is 0 Å². The van der Waals surface area contributed by atoms with Gasteiger partial charge >= 0.3 is 0 Å². The van der Waals surface area contributed by atoms with E-state index >= 15 is 0 Å². The van der Waals surface area contributed by atoms with E-state index in [-0.39, 0.29) is 11.2 Å². The van der Waals surface area contributed by atoms with Crippen molar-refractivity contribution in [3.63, 3.8) is 0 Å². The fraction of sp³-hybridized carbons (Fsp3) is 0.143. The van der Waals surface area contributed by atoms with Crippen molar-refractivity contribution in [3.8, 4) is 6.07 Å². The number of hydrogen-bond acceptors (Lipinski definition) is 3. The van der Waals surface area contributed by atoms with Gasteiger partial charge in [-0.1, -0.05) is 0 Å². The van der Waals surface area contributed by atoms with Crippen molar-refractivity contribution in [1.29, 1.82) is 5.26 Å². The number of anilines is 1. The molecule has 0 saturated heterocycles. The Bertz CT molecular complexity index is 346. The summed E-state index contributed by atoms with van der Waals surface area (Å²) in [5.41, 5.74) is 5.53. The van der Waals surface area contributed by atoms with Crippen molar-refractivity contribution in [3.05, 3.63) is 28.2 Å². The molecule has 0 saturated carbocycles. The summed E-state index contributed by atoms with van der Waals surface area (Å²) in [5.74, 6) is 0. The quantitative estimate of drug-likeness (QED) is 0.557. The molecule has 0 amide bonds. The molecular weight excluding hydrogens is 142 g/mol. The van der Waals surface area contributed by atoms with Gasteiger partial charge in [0, 0.05) is 13.2 Å². The van der Waals surface area contributed by atoms with Crippen LogP contribution in [0.2, 0.25) is 0 Å². The van der Waals surface area contributed by atoms with Gasteiger partial charge in [-0.2, -0.15) is 5.26 Å². The highest BCUT2D eigenvalue weighted by Gasteiger charge is 1.98. The van der Waals surface area contributed by atoms with Crippen LogP contribution in [-0.4, -0.2) is 4.57 Å². The Morgan fingerprint density at radius 2 is 2.36 bits per heavy atom. The number of hydrogen-bond donors (Lipinski definition) is 1. The maximum absolute atomic E-state index is 11.0. The summed E-state index contributed by atoms with van der Waals surface area (Å²) in [7, 11) is 1.56. The zero-order valence-electron chi connectivity index (χ0n) is 6.03. The van der Waals surface area contributed by atoms with Crippen LogP contribution in [-0.2, 0) is 7.05 Å². The summed E-state index contributed by atoms with van der Waals surface area (Å²) in [6.07, 6.45) is 1.44. The lowest BCUT2D eigenvalue weighted by molar-refractivity contribution is 0.861. The number of aromatic nitrogens is 1. The average Bonchev–Trinajstić information content (AvgIpc) is 1.99. The second-order valence-electron chi connectivity index (χ2n) is 2.21. The van der Waals surface area contributed by atoms with E-state index in [2.05, 4.69) is 0 Å². The molecule has 0 unspecified atom stereocenters.